The van der Waals surface area contributed by atoms with Crippen LogP contribution in [0.25, 0.3) is 0 Å². The molecule has 1 aliphatic heterocycles. The number of halogens is 2. The van der Waals surface area contributed by atoms with Gasteiger partial charge in [-0.25, -0.2) is 4.79 Å². The summed E-state index contributed by atoms with van der Waals surface area (Å²) >= 11 is 9.60. The quantitative estimate of drug-likeness (QED) is 0.588. The van der Waals surface area contributed by atoms with E-state index in [-0.39, 0.29) is 5.56 Å². The number of hydrogen-bond donors (Lipinski definition) is 0. The molecular weight excluding hydrogens is 358 g/mol. The van der Waals surface area contributed by atoms with E-state index in [9.17, 15) is 4.79 Å². The van der Waals surface area contributed by atoms with Gasteiger partial charge in [0, 0.05) is 9.94 Å². The predicted octanol–water partition coefficient (Wildman–Crippen LogP) is 3.19. The lowest BCUT2D eigenvalue weighted by Crippen LogP contribution is -2.41. The van der Waals surface area contributed by atoms with Crippen LogP contribution in [0.3, 0.4) is 0 Å². The fourth-order valence-electron chi connectivity index (χ4n) is 2.07. The summed E-state index contributed by atoms with van der Waals surface area (Å²) in [5, 5.41) is 0.301. The molecule has 0 aromatic heterocycles. The van der Waals surface area contributed by atoms with Crippen LogP contribution < -0.4 is 5.46 Å². The molecule has 7 heteroatoms. The Balaban J connectivity index is 2.55. The normalized spacial score (nSPS) is 19.7. The molecule has 114 valence electrons. The van der Waals surface area contributed by atoms with Gasteiger partial charge in [0.05, 0.1) is 28.9 Å². The van der Waals surface area contributed by atoms with Crippen molar-refractivity contribution in [2.45, 2.75) is 38.9 Å². The zero-order valence-electron chi connectivity index (χ0n) is 12.6. The third kappa shape index (κ3) is 2.87. The smallest absolute Gasteiger partial charge is 0.465 e. The molecule has 0 saturated carbocycles. The molecule has 21 heavy (non-hydrogen) atoms. The molecule has 1 fully saturated rings. The number of benzene rings is 1. The number of rotatable bonds is 2. The Morgan fingerprint density at radius 2 is 1.76 bits per heavy atom. The summed E-state index contributed by atoms with van der Waals surface area (Å²) in [7, 11) is 0.616. The van der Waals surface area contributed by atoms with Crippen LogP contribution >= 0.6 is 27.5 Å². The molecule has 4 nitrogen and oxygen atoms in total. The number of ether oxygens (including phenoxy) is 1. The Labute approximate surface area is 138 Å². The molecule has 0 unspecified atom stereocenters. The molecule has 0 atom stereocenters. The fraction of sp³-hybridized carbons (Fsp3) is 0.500. The summed E-state index contributed by atoms with van der Waals surface area (Å²) < 4.78 is 17.5. The summed E-state index contributed by atoms with van der Waals surface area (Å²) in [4.78, 5) is 12.0. The Kier molecular flexibility index (Phi) is 4.46. The summed E-state index contributed by atoms with van der Waals surface area (Å²) in [6, 6.07) is 3.39. The van der Waals surface area contributed by atoms with Crippen molar-refractivity contribution in [3.8, 4) is 0 Å². The first-order valence-corrected chi connectivity index (χ1v) is 7.69. The van der Waals surface area contributed by atoms with Crippen LogP contribution in [0.5, 0.6) is 0 Å². The minimum absolute atomic E-state index is 0.257. The van der Waals surface area contributed by atoms with Gasteiger partial charge in [-0.05, 0) is 39.8 Å². The van der Waals surface area contributed by atoms with E-state index in [0.717, 1.165) is 0 Å². The van der Waals surface area contributed by atoms with Crippen molar-refractivity contribution < 1.29 is 18.8 Å². The van der Waals surface area contributed by atoms with Gasteiger partial charge in [0.2, 0.25) is 0 Å². The lowest BCUT2D eigenvalue weighted by molar-refractivity contribution is 0.00578. The lowest BCUT2D eigenvalue weighted by Gasteiger charge is -2.32. The van der Waals surface area contributed by atoms with Crippen molar-refractivity contribution in [1.82, 2.24) is 0 Å². The van der Waals surface area contributed by atoms with E-state index in [1.807, 2.05) is 27.7 Å². The zero-order valence-corrected chi connectivity index (χ0v) is 15.0. The molecule has 2 rings (SSSR count). The van der Waals surface area contributed by atoms with Crippen LogP contribution in [0.15, 0.2) is 16.6 Å². The number of esters is 1. The molecule has 1 aromatic carbocycles. The monoisotopic (exact) mass is 374 g/mol. The van der Waals surface area contributed by atoms with E-state index < -0.39 is 24.3 Å². The van der Waals surface area contributed by atoms with E-state index in [1.165, 1.54) is 7.11 Å². The van der Waals surface area contributed by atoms with Crippen LogP contribution in [-0.2, 0) is 14.0 Å². The van der Waals surface area contributed by atoms with Gasteiger partial charge in [0.25, 0.3) is 0 Å². The molecule has 1 saturated heterocycles. The van der Waals surface area contributed by atoms with Crippen molar-refractivity contribution in [2.24, 2.45) is 0 Å². The Morgan fingerprint density at radius 3 is 2.24 bits per heavy atom. The van der Waals surface area contributed by atoms with E-state index in [4.69, 9.17) is 25.6 Å². The lowest BCUT2D eigenvalue weighted by atomic mass is 9.76. The molecule has 0 spiro atoms. The summed E-state index contributed by atoms with van der Waals surface area (Å²) in [5.74, 6) is -0.522. The number of carbonyl (C=O) groups excluding carboxylic acids is 1. The molecular formula is C14H17BBrClO4. The number of carbonyl (C=O) groups is 1. The first-order chi connectivity index (χ1) is 9.60. The van der Waals surface area contributed by atoms with Gasteiger partial charge in [0.15, 0.2) is 0 Å². The zero-order chi connectivity index (χ0) is 16.0. The van der Waals surface area contributed by atoms with Crippen molar-refractivity contribution in [3.05, 3.63) is 27.2 Å². The highest BCUT2D eigenvalue weighted by Crippen LogP contribution is 2.37. The SMILES string of the molecule is COC(=O)c1c(Cl)ccc(Br)c1B1OC(C)(C)C(C)(C)O1. The van der Waals surface area contributed by atoms with Crippen LogP contribution in [0.4, 0.5) is 0 Å². The minimum Gasteiger partial charge on any atom is -0.465 e. The second kappa shape index (κ2) is 5.58. The molecule has 0 N–H and O–H groups in total. The number of methoxy groups -OCH3 is 1. The van der Waals surface area contributed by atoms with E-state index in [0.29, 0.717) is 15.0 Å². The number of hydrogen-bond acceptors (Lipinski definition) is 4. The van der Waals surface area contributed by atoms with Crippen LogP contribution in [0, 0.1) is 0 Å². The summed E-state index contributed by atoms with van der Waals surface area (Å²) in [6.07, 6.45) is 0. The van der Waals surface area contributed by atoms with Gasteiger partial charge < -0.3 is 14.0 Å². The third-order valence-corrected chi connectivity index (χ3v) is 5.03. The van der Waals surface area contributed by atoms with E-state index in [2.05, 4.69) is 15.9 Å². The highest BCUT2D eigenvalue weighted by Gasteiger charge is 2.53. The minimum atomic E-state index is -0.697. The molecule has 1 aliphatic rings. The Bertz CT molecular complexity index is 573. The van der Waals surface area contributed by atoms with E-state index >= 15 is 0 Å². The average Bonchev–Trinajstić information content (AvgIpc) is 2.59. The largest absolute Gasteiger partial charge is 0.496 e. The molecule has 1 heterocycles. The van der Waals surface area contributed by atoms with Crippen LogP contribution in [0.2, 0.25) is 5.02 Å². The predicted molar refractivity (Wildman–Crippen MR) is 86.2 cm³/mol. The first kappa shape index (κ1) is 16.8. The Morgan fingerprint density at radius 1 is 1.24 bits per heavy atom. The van der Waals surface area contributed by atoms with E-state index in [1.54, 1.807) is 12.1 Å². The maximum absolute atomic E-state index is 12.0. The second-order valence-corrected chi connectivity index (χ2v) is 7.16. The van der Waals surface area contributed by atoms with Gasteiger partial charge >= 0.3 is 13.1 Å². The van der Waals surface area contributed by atoms with Crippen LogP contribution in [0.1, 0.15) is 38.1 Å². The van der Waals surface area contributed by atoms with Gasteiger partial charge in [-0.15, -0.1) is 0 Å². The van der Waals surface area contributed by atoms with Crippen molar-refractivity contribution in [2.75, 3.05) is 7.11 Å². The molecule has 0 radical (unpaired) electrons. The maximum Gasteiger partial charge on any atom is 0.496 e. The summed E-state index contributed by atoms with van der Waals surface area (Å²) in [6.45, 7) is 7.79. The standard InChI is InChI=1S/C14H17BBrClO4/c1-13(2)14(3,4)21-15(20-13)11-8(16)6-7-9(17)10(11)12(18)19-5/h6-7H,1-5H3. The van der Waals surface area contributed by atoms with Gasteiger partial charge in [-0.2, -0.15) is 0 Å². The topological polar surface area (TPSA) is 44.8 Å². The molecule has 0 bridgehead atoms. The highest BCUT2D eigenvalue weighted by atomic mass is 79.9. The summed E-state index contributed by atoms with van der Waals surface area (Å²) in [5.41, 5.74) is -0.209. The van der Waals surface area contributed by atoms with Gasteiger partial charge in [0.1, 0.15) is 0 Å². The van der Waals surface area contributed by atoms with Crippen molar-refractivity contribution in [3.63, 3.8) is 0 Å². The van der Waals surface area contributed by atoms with Crippen LogP contribution in [-0.4, -0.2) is 31.4 Å². The highest BCUT2D eigenvalue weighted by molar-refractivity contribution is 9.10. The Hall–Kier alpha value is -0.555. The van der Waals surface area contributed by atoms with Crippen molar-refractivity contribution >= 4 is 46.1 Å². The molecule has 0 aliphatic carbocycles. The second-order valence-electron chi connectivity index (χ2n) is 5.90. The first-order valence-electron chi connectivity index (χ1n) is 6.52. The average molecular weight is 375 g/mol. The van der Waals surface area contributed by atoms with Gasteiger partial charge in [-0.1, -0.05) is 27.5 Å². The molecule has 0 amide bonds. The van der Waals surface area contributed by atoms with Crippen molar-refractivity contribution in [1.29, 1.82) is 0 Å². The van der Waals surface area contributed by atoms with Gasteiger partial charge in [-0.3, -0.25) is 0 Å². The fourth-order valence-corrected chi connectivity index (χ4v) is 2.83. The maximum atomic E-state index is 12.0. The molecule has 1 aromatic rings. The third-order valence-electron chi connectivity index (χ3n) is 4.02.